The van der Waals surface area contributed by atoms with Crippen LogP contribution in [-0.2, 0) is 0 Å². The van der Waals surface area contributed by atoms with E-state index < -0.39 is 0 Å². The van der Waals surface area contributed by atoms with Gasteiger partial charge in [-0.2, -0.15) is 0 Å². The van der Waals surface area contributed by atoms with Crippen molar-refractivity contribution in [3.05, 3.63) is 188 Å². The lowest BCUT2D eigenvalue weighted by Gasteiger charge is -2.12. The Labute approximate surface area is 332 Å². The molecule has 0 aliphatic carbocycles. The summed E-state index contributed by atoms with van der Waals surface area (Å²) >= 11 is 0. The van der Waals surface area contributed by atoms with Crippen molar-refractivity contribution in [2.24, 2.45) is 0 Å². The Balaban J connectivity index is 1.07. The summed E-state index contributed by atoms with van der Waals surface area (Å²) in [6.07, 6.45) is 0. The molecule has 270 valence electrons. The average molecular weight is 742 g/mol. The Morgan fingerprint density at radius 1 is 0.276 bits per heavy atom. The summed E-state index contributed by atoms with van der Waals surface area (Å²) in [4.78, 5) is 15.6. The third kappa shape index (κ3) is 5.14. The standard InChI is InChI=1S/C53H31N3O2/c1-2-12-32(13-3-1)33-24-26-35(27-25-33)51-54-52(41-21-10-15-34-14-4-5-16-37(34)41)56-53(55-51)43-31-48-50(40-18-7-6-17-39(40)43)44-30-36(28-29-46(44)58-48)38-20-11-23-47-49(38)42-19-8-9-22-45(42)57-47/h1-31H. The minimum absolute atomic E-state index is 0.581. The van der Waals surface area contributed by atoms with Crippen LogP contribution in [0.2, 0.25) is 0 Å². The number of furan rings is 2. The van der Waals surface area contributed by atoms with Crippen molar-refractivity contribution in [1.29, 1.82) is 0 Å². The first-order chi connectivity index (χ1) is 28.7. The molecule has 9 aromatic carbocycles. The number of hydrogen-bond donors (Lipinski definition) is 0. The molecule has 0 radical (unpaired) electrons. The van der Waals surface area contributed by atoms with E-state index in [4.69, 9.17) is 23.8 Å². The van der Waals surface area contributed by atoms with Crippen LogP contribution in [0.25, 0.3) is 122 Å². The van der Waals surface area contributed by atoms with E-state index in [1.165, 1.54) is 0 Å². The van der Waals surface area contributed by atoms with Crippen molar-refractivity contribution >= 4 is 65.4 Å². The first-order valence-corrected chi connectivity index (χ1v) is 19.4. The highest BCUT2D eigenvalue weighted by molar-refractivity contribution is 6.23. The number of benzene rings is 9. The number of nitrogens with zero attached hydrogens (tertiary/aromatic N) is 3. The Bertz CT molecular complexity index is 3560. The third-order valence-electron chi connectivity index (χ3n) is 11.3. The van der Waals surface area contributed by atoms with E-state index in [1.54, 1.807) is 0 Å². The van der Waals surface area contributed by atoms with E-state index in [0.717, 1.165) is 104 Å². The monoisotopic (exact) mass is 741 g/mol. The molecule has 5 nitrogen and oxygen atoms in total. The van der Waals surface area contributed by atoms with E-state index in [9.17, 15) is 0 Å². The van der Waals surface area contributed by atoms with Gasteiger partial charge in [0.25, 0.3) is 0 Å². The highest BCUT2D eigenvalue weighted by atomic mass is 16.3. The lowest BCUT2D eigenvalue weighted by Crippen LogP contribution is -2.01. The van der Waals surface area contributed by atoms with Gasteiger partial charge in [0, 0.05) is 38.2 Å². The minimum Gasteiger partial charge on any atom is -0.456 e. The normalized spacial score (nSPS) is 11.8. The molecule has 0 fully saturated rings. The smallest absolute Gasteiger partial charge is 0.164 e. The molecule has 0 aliphatic rings. The number of rotatable bonds is 5. The molecule has 3 aromatic heterocycles. The van der Waals surface area contributed by atoms with Crippen LogP contribution in [0, 0.1) is 0 Å². The van der Waals surface area contributed by atoms with Gasteiger partial charge in [-0.15, -0.1) is 0 Å². The molecule has 0 N–H and O–H groups in total. The van der Waals surface area contributed by atoms with Crippen LogP contribution in [0.5, 0.6) is 0 Å². The molecule has 12 rings (SSSR count). The van der Waals surface area contributed by atoms with Crippen LogP contribution in [0.4, 0.5) is 0 Å². The van der Waals surface area contributed by atoms with Crippen LogP contribution < -0.4 is 0 Å². The molecule has 0 bridgehead atoms. The van der Waals surface area contributed by atoms with Crippen LogP contribution in [0.15, 0.2) is 197 Å². The zero-order valence-corrected chi connectivity index (χ0v) is 31.1. The second-order valence-corrected chi connectivity index (χ2v) is 14.7. The SMILES string of the molecule is c1ccc(-c2ccc(-c3nc(-c4cccc5ccccc45)nc(-c4cc5oc6ccc(-c7cccc8oc9ccccc9c78)cc6c5c5ccccc45)n3)cc2)cc1. The van der Waals surface area contributed by atoms with Gasteiger partial charge in [0.1, 0.15) is 22.3 Å². The van der Waals surface area contributed by atoms with Crippen molar-refractivity contribution in [2.75, 3.05) is 0 Å². The maximum absolute atomic E-state index is 6.71. The zero-order valence-electron chi connectivity index (χ0n) is 31.1. The maximum Gasteiger partial charge on any atom is 0.164 e. The van der Waals surface area contributed by atoms with E-state index in [0.29, 0.717) is 17.5 Å². The Morgan fingerprint density at radius 2 is 0.845 bits per heavy atom. The second-order valence-electron chi connectivity index (χ2n) is 14.7. The summed E-state index contributed by atoms with van der Waals surface area (Å²) in [6, 6.07) is 65.1. The lowest BCUT2D eigenvalue weighted by atomic mass is 9.95. The predicted octanol–water partition coefficient (Wildman–Crippen LogP) is 14.3. The predicted molar refractivity (Wildman–Crippen MR) is 237 cm³/mol. The minimum atomic E-state index is 0.581. The molecule has 12 aromatic rings. The summed E-state index contributed by atoms with van der Waals surface area (Å²) < 4.78 is 13.0. The molecule has 0 atom stereocenters. The van der Waals surface area contributed by atoms with Gasteiger partial charge in [0.15, 0.2) is 17.5 Å². The van der Waals surface area contributed by atoms with Gasteiger partial charge in [-0.05, 0) is 74.1 Å². The molecule has 3 heterocycles. The zero-order chi connectivity index (χ0) is 38.2. The van der Waals surface area contributed by atoms with Gasteiger partial charge in [-0.25, -0.2) is 15.0 Å². The highest BCUT2D eigenvalue weighted by Crippen LogP contribution is 2.43. The van der Waals surface area contributed by atoms with Crippen LogP contribution in [-0.4, -0.2) is 15.0 Å². The van der Waals surface area contributed by atoms with Gasteiger partial charge in [0.05, 0.1) is 0 Å². The van der Waals surface area contributed by atoms with Crippen LogP contribution in [0.3, 0.4) is 0 Å². The fourth-order valence-corrected chi connectivity index (χ4v) is 8.62. The van der Waals surface area contributed by atoms with Crippen LogP contribution in [0.1, 0.15) is 0 Å². The number of fused-ring (bicyclic) bond motifs is 9. The highest BCUT2D eigenvalue weighted by Gasteiger charge is 2.21. The number of aromatic nitrogens is 3. The summed E-state index contributed by atoms with van der Waals surface area (Å²) in [5.74, 6) is 1.80. The third-order valence-corrected chi connectivity index (χ3v) is 11.3. The fraction of sp³-hybridized carbons (Fsp3) is 0. The Morgan fingerprint density at radius 3 is 1.71 bits per heavy atom. The molecule has 0 amide bonds. The topological polar surface area (TPSA) is 65.0 Å². The molecule has 58 heavy (non-hydrogen) atoms. The van der Waals surface area contributed by atoms with Gasteiger partial charge >= 0.3 is 0 Å². The number of hydrogen-bond acceptors (Lipinski definition) is 5. The van der Waals surface area contributed by atoms with E-state index in [1.807, 2.05) is 24.3 Å². The summed E-state index contributed by atoms with van der Waals surface area (Å²) in [5.41, 5.74) is 10.6. The van der Waals surface area contributed by atoms with Gasteiger partial charge in [-0.1, -0.05) is 158 Å². The average Bonchev–Trinajstić information content (AvgIpc) is 3.87. The molecule has 0 aliphatic heterocycles. The molecular weight excluding hydrogens is 711 g/mol. The molecule has 0 saturated carbocycles. The van der Waals surface area contributed by atoms with Gasteiger partial charge in [0.2, 0.25) is 0 Å². The van der Waals surface area contributed by atoms with Crippen molar-refractivity contribution < 1.29 is 8.83 Å². The molecule has 0 saturated heterocycles. The summed E-state index contributed by atoms with van der Waals surface area (Å²) in [7, 11) is 0. The fourth-order valence-electron chi connectivity index (χ4n) is 8.62. The van der Waals surface area contributed by atoms with Gasteiger partial charge < -0.3 is 8.83 Å². The first-order valence-electron chi connectivity index (χ1n) is 19.4. The molecule has 5 heteroatoms. The molecule has 0 spiro atoms. The lowest BCUT2D eigenvalue weighted by molar-refractivity contribution is 0.669. The second kappa shape index (κ2) is 12.8. The van der Waals surface area contributed by atoms with E-state index >= 15 is 0 Å². The van der Waals surface area contributed by atoms with E-state index in [-0.39, 0.29) is 0 Å². The Hall–Kier alpha value is -7.89. The van der Waals surface area contributed by atoms with Crippen molar-refractivity contribution in [1.82, 2.24) is 15.0 Å². The first kappa shape index (κ1) is 32.4. The van der Waals surface area contributed by atoms with Crippen LogP contribution >= 0.6 is 0 Å². The summed E-state index contributed by atoms with van der Waals surface area (Å²) in [5, 5.41) is 8.63. The maximum atomic E-state index is 6.71. The number of para-hydroxylation sites is 1. The van der Waals surface area contributed by atoms with Crippen molar-refractivity contribution in [3.8, 4) is 56.4 Å². The molecular formula is C53H31N3O2. The summed E-state index contributed by atoms with van der Waals surface area (Å²) in [6.45, 7) is 0. The van der Waals surface area contributed by atoms with E-state index in [2.05, 4.69) is 164 Å². The quantitative estimate of drug-likeness (QED) is 0.176. The molecule has 0 unspecified atom stereocenters. The van der Waals surface area contributed by atoms with Gasteiger partial charge in [-0.3, -0.25) is 0 Å². The Kier molecular flexibility index (Phi) is 7.16. The largest absolute Gasteiger partial charge is 0.456 e. The van der Waals surface area contributed by atoms with Crippen molar-refractivity contribution in [3.63, 3.8) is 0 Å². The van der Waals surface area contributed by atoms with Crippen molar-refractivity contribution in [2.45, 2.75) is 0 Å².